The third-order valence-corrected chi connectivity index (χ3v) is 5.71. The van der Waals surface area contributed by atoms with Gasteiger partial charge in [0.1, 0.15) is 5.00 Å². The van der Waals surface area contributed by atoms with Crippen molar-refractivity contribution in [3.8, 4) is 0 Å². The third-order valence-electron chi connectivity index (χ3n) is 4.49. The SMILES string of the molecule is CCOC(=O)c1c(N/C=C2/CCCCC2=O)sc2c1CCCC2. The molecule has 0 saturated heterocycles. The van der Waals surface area contributed by atoms with E-state index in [0.29, 0.717) is 18.6 Å². The number of hydrogen-bond acceptors (Lipinski definition) is 5. The number of esters is 1. The fourth-order valence-corrected chi connectivity index (χ4v) is 4.54. The number of rotatable bonds is 4. The van der Waals surface area contributed by atoms with Gasteiger partial charge >= 0.3 is 5.97 Å². The number of ketones is 1. The molecule has 1 N–H and O–H groups in total. The van der Waals surface area contributed by atoms with Gasteiger partial charge in [-0.15, -0.1) is 11.3 Å². The Morgan fingerprint density at radius 1 is 1.17 bits per heavy atom. The van der Waals surface area contributed by atoms with Gasteiger partial charge in [0, 0.05) is 23.1 Å². The van der Waals surface area contributed by atoms with Gasteiger partial charge in [0.05, 0.1) is 12.2 Å². The number of hydrogen-bond donors (Lipinski definition) is 1. The molecule has 23 heavy (non-hydrogen) atoms. The number of anilines is 1. The van der Waals surface area contributed by atoms with E-state index in [4.69, 9.17) is 4.74 Å². The number of aryl methyl sites for hydroxylation is 1. The zero-order valence-corrected chi connectivity index (χ0v) is 14.4. The van der Waals surface area contributed by atoms with Gasteiger partial charge in [-0.3, -0.25) is 4.79 Å². The summed E-state index contributed by atoms with van der Waals surface area (Å²) in [6.45, 7) is 2.20. The summed E-state index contributed by atoms with van der Waals surface area (Å²) in [6, 6.07) is 0. The van der Waals surface area contributed by atoms with Gasteiger partial charge in [0.2, 0.25) is 0 Å². The van der Waals surface area contributed by atoms with Crippen molar-refractivity contribution in [2.24, 2.45) is 0 Å². The van der Waals surface area contributed by atoms with E-state index in [2.05, 4.69) is 5.32 Å². The average molecular weight is 333 g/mol. The van der Waals surface area contributed by atoms with E-state index in [1.165, 1.54) is 11.3 Å². The van der Waals surface area contributed by atoms with Crippen LogP contribution in [-0.4, -0.2) is 18.4 Å². The zero-order chi connectivity index (χ0) is 16.2. The first-order chi connectivity index (χ1) is 11.2. The molecule has 0 spiro atoms. The van der Waals surface area contributed by atoms with Gasteiger partial charge in [-0.2, -0.15) is 0 Å². The monoisotopic (exact) mass is 333 g/mol. The highest BCUT2D eigenvalue weighted by Crippen LogP contribution is 2.38. The van der Waals surface area contributed by atoms with Crippen molar-refractivity contribution in [2.75, 3.05) is 11.9 Å². The second-order valence-corrected chi connectivity index (χ2v) is 7.18. The molecule has 0 amide bonds. The van der Waals surface area contributed by atoms with Crippen LogP contribution in [0.3, 0.4) is 0 Å². The molecule has 1 aromatic rings. The molecule has 0 atom stereocenters. The second-order valence-electron chi connectivity index (χ2n) is 6.08. The first-order valence-corrected chi connectivity index (χ1v) is 9.32. The molecule has 0 unspecified atom stereocenters. The molecular weight excluding hydrogens is 310 g/mol. The summed E-state index contributed by atoms with van der Waals surface area (Å²) >= 11 is 1.64. The highest BCUT2D eigenvalue weighted by Gasteiger charge is 2.26. The van der Waals surface area contributed by atoms with Crippen LogP contribution in [0.2, 0.25) is 0 Å². The molecule has 1 fully saturated rings. The van der Waals surface area contributed by atoms with Crippen molar-refractivity contribution in [2.45, 2.75) is 58.3 Å². The van der Waals surface area contributed by atoms with Gasteiger partial charge in [-0.05, 0) is 57.4 Å². The Bertz CT molecular complexity index is 645. The molecule has 5 heteroatoms. The normalized spacial score (nSPS) is 19.5. The van der Waals surface area contributed by atoms with Crippen LogP contribution in [0.25, 0.3) is 0 Å². The summed E-state index contributed by atoms with van der Waals surface area (Å²) in [5.41, 5.74) is 2.68. The largest absolute Gasteiger partial charge is 0.462 e. The van der Waals surface area contributed by atoms with Crippen molar-refractivity contribution in [3.05, 3.63) is 27.8 Å². The number of carbonyl (C=O) groups is 2. The lowest BCUT2D eigenvalue weighted by Gasteiger charge is -2.13. The highest BCUT2D eigenvalue weighted by atomic mass is 32.1. The molecule has 0 aliphatic heterocycles. The Kier molecular flexibility index (Phi) is 5.16. The predicted octanol–water partition coefficient (Wildman–Crippen LogP) is 4.24. The minimum absolute atomic E-state index is 0.225. The van der Waals surface area contributed by atoms with E-state index in [1.54, 1.807) is 11.3 Å². The van der Waals surface area contributed by atoms with E-state index >= 15 is 0 Å². The zero-order valence-electron chi connectivity index (χ0n) is 13.6. The summed E-state index contributed by atoms with van der Waals surface area (Å²) in [7, 11) is 0. The minimum Gasteiger partial charge on any atom is -0.462 e. The number of carbonyl (C=O) groups excluding carboxylic acids is 2. The fourth-order valence-electron chi connectivity index (χ4n) is 3.29. The first-order valence-electron chi connectivity index (χ1n) is 8.51. The smallest absolute Gasteiger partial charge is 0.341 e. The number of allylic oxidation sites excluding steroid dienone is 1. The van der Waals surface area contributed by atoms with Crippen LogP contribution in [0, 0.1) is 0 Å². The molecule has 2 aliphatic rings. The molecule has 4 nitrogen and oxygen atoms in total. The average Bonchev–Trinajstić information content (AvgIpc) is 2.92. The molecule has 124 valence electrons. The van der Waals surface area contributed by atoms with Crippen LogP contribution in [0.15, 0.2) is 11.8 Å². The maximum absolute atomic E-state index is 12.4. The topological polar surface area (TPSA) is 55.4 Å². The predicted molar refractivity (Wildman–Crippen MR) is 92.1 cm³/mol. The fraction of sp³-hybridized carbons (Fsp3) is 0.556. The van der Waals surface area contributed by atoms with Crippen molar-refractivity contribution in [3.63, 3.8) is 0 Å². The summed E-state index contributed by atoms with van der Waals surface area (Å²) in [6.07, 6.45) is 9.58. The summed E-state index contributed by atoms with van der Waals surface area (Å²) in [4.78, 5) is 25.6. The Balaban J connectivity index is 1.88. The molecule has 0 aromatic carbocycles. The van der Waals surface area contributed by atoms with Crippen LogP contribution < -0.4 is 5.32 Å². The van der Waals surface area contributed by atoms with Crippen molar-refractivity contribution in [1.82, 2.24) is 0 Å². The maximum atomic E-state index is 12.4. The van der Waals surface area contributed by atoms with Gasteiger partial charge in [0.15, 0.2) is 5.78 Å². The Morgan fingerprint density at radius 3 is 2.70 bits per heavy atom. The number of fused-ring (bicyclic) bond motifs is 1. The van der Waals surface area contributed by atoms with Gasteiger partial charge in [0.25, 0.3) is 0 Å². The number of nitrogens with one attached hydrogen (secondary N) is 1. The summed E-state index contributed by atoms with van der Waals surface area (Å²) < 4.78 is 5.25. The lowest BCUT2D eigenvalue weighted by Crippen LogP contribution is -2.12. The van der Waals surface area contributed by atoms with E-state index in [1.807, 2.05) is 13.1 Å². The van der Waals surface area contributed by atoms with Gasteiger partial charge in [-0.25, -0.2) is 4.79 Å². The first kappa shape index (κ1) is 16.2. The lowest BCUT2D eigenvalue weighted by molar-refractivity contribution is -0.116. The lowest BCUT2D eigenvalue weighted by atomic mass is 9.94. The van der Waals surface area contributed by atoms with Crippen LogP contribution >= 0.6 is 11.3 Å². The molecule has 2 aliphatic carbocycles. The van der Waals surface area contributed by atoms with Crippen LogP contribution in [0.5, 0.6) is 0 Å². The van der Waals surface area contributed by atoms with E-state index in [0.717, 1.165) is 54.7 Å². The Morgan fingerprint density at radius 2 is 1.91 bits per heavy atom. The van der Waals surface area contributed by atoms with E-state index < -0.39 is 0 Å². The molecule has 3 rings (SSSR count). The van der Waals surface area contributed by atoms with Gasteiger partial charge in [-0.1, -0.05) is 0 Å². The van der Waals surface area contributed by atoms with Crippen LogP contribution in [-0.2, 0) is 22.4 Å². The highest BCUT2D eigenvalue weighted by molar-refractivity contribution is 7.16. The molecule has 1 aromatic heterocycles. The number of Topliss-reactive ketones (excluding diaryl/α,β-unsaturated/α-hetero) is 1. The van der Waals surface area contributed by atoms with Crippen molar-refractivity contribution in [1.29, 1.82) is 0 Å². The third kappa shape index (κ3) is 3.50. The van der Waals surface area contributed by atoms with Crippen molar-refractivity contribution >= 4 is 28.1 Å². The van der Waals surface area contributed by atoms with Gasteiger partial charge < -0.3 is 10.1 Å². The standard InChI is InChI=1S/C18H23NO3S/c1-2-22-18(21)16-13-8-4-6-10-15(13)23-17(16)19-11-12-7-3-5-9-14(12)20/h11,19H,2-10H2,1H3/b12-11-. The van der Waals surface area contributed by atoms with E-state index in [-0.39, 0.29) is 11.8 Å². The molecule has 0 bridgehead atoms. The Labute approximate surface area is 140 Å². The van der Waals surface area contributed by atoms with Crippen LogP contribution in [0.4, 0.5) is 5.00 Å². The quantitative estimate of drug-likeness (QED) is 0.661. The maximum Gasteiger partial charge on any atom is 0.341 e. The number of ether oxygens (including phenoxy) is 1. The molecule has 1 saturated carbocycles. The minimum atomic E-state index is -0.247. The molecule has 1 heterocycles. The van der Waals surface area contributed by atoms with Crippen LogP contribution in [0.1, 0.15) is 66.2 Å². The van der Waals surface area contributed by atoms with E-state index in [9.17, 15) is 9.59 Å². The summed E-state index contributed by atoms with van der Waals surface area (Å²) in [5, 5.41) is 4.08. The second kappa shape index (κ2) is 7.30. The summed E-state index contributed by atoms with van der Waals surface area (Å²) in [5.74, 6) is -0.0227. The molecular formula is C18H23NO3S. The number of thiophene rings is 1. The molecule has 0 radical (unpaired) electrons. The Hall–Kier alpha value is -1.62. The van der Waals surface area contributed by atoms with Crippen molar-refractivity contribution < 1.29 is 14.3 Å².